The summed E-state index contributed by atoms with van der Waals surface area (Å²) < 4.78 is 0. The van der Waals surface area contributed by atoms with Gasteiger partial charge < -0.3 is 0 Å². The van der Waals surface area contributed by atoms with E-state index >= 15 is 0 Å². The quantitative estimate of drug-likeness (QED) is 0.588. The van der Waals surface area contributed by atoms with Gasteiger partial charge in [-0.1, -0.05) is 37.3 Å². The molecule has 2 heteroatoms. The first kappa shape index (κ1) is 11.9. The molecular formula is C15H14OS. The number of benzene rings is 2. The molecule has 0 saturated heterocycles. The Morgan fingerprint density at radius 3 is 2.47 bits per heavy atom. The van der Waals surface area contributed by atoms with Crippen LogP contribution in [0, 0.1) is 0 Å². The molecule has 0 fully saturated rings. The molecule has 0 amide bonds. The summed E-state index contributed by atoms with van der Waals surface area (Å²) in [6.45, 7) is 2.14. The zero-order valence-electron chi connectivity index (χ0n) is 9.72. The molecule has 0 radical (unpaired) electrons. The first-order chi connectivity index (χ1) is 8.33. The Balaban J connectivity index is 2.29. The number of hydrogen-bond donors (Lipinski definition) is 0. The number of aldehydes is 1. The number of thioether (sulfide) groups is 1. The summed E-state index contributed by atoms with van der Waals surface area (Å²) in [7, 11) is 0. The number of hydrogen-bond acceptors (Lipinski definition) is 2. The molecule has 0 heterocycles. The van der Waals surface area contributed by atoms with Gasteiger partial charge in [-0.15, -0.1) is 11.8 Å². The molecule has 0 aliphatic carbocycles. The summed E-state index contributed by atoms with van der Waals surface area (Å²) in [4.78, 5) is 12.0. The van der Waals surface area contributed by atoms with E-state index in [9.17, 15) is 4.79 Å². The molecule has 86 valence electrons. The van der Waals surface area contributed by atoms with Crippen molar-refractivity contribution in [2.45, 2.75) is 11.8 Å². The summed E-state index contributed by atoms with van der Waals surface area (Å²) >= 11 is 1.83. The first-order valence-electron chi connectivity index (χ1n) is 5.62. The molecule has 0 aliphatic rings. The average Bonchev–Trinajstić information content (AvgIpc) is 2.40. The van der Waals surface area contributed by atoms with Crippen LogP contribution in [0.1, 0.15) is 17.3 Å². The fourth-order valence-corrected chi connectivity index (χ4v) is 2.36. The first-order valence-corrected chi connectivity index (χ1v) is 6.60. The highest BCUT2D eigenvalue weighted by atomic mass is 32.2. The second-order valence-corrected chi connectivity index (χ2v) is 5.04. The molecule has 0 atom stereocenters. The van der Waals surface area contributed by atoms with E-state index in [0.717, 1.165) is 28.7 Å². The van der Waals surface area contributed by atoms with Gasteiger partial charge in [0.15, 0.2) is 0 Å². The lowest BCUT2D eigenvalue weighted by Crippen LogP contribution is -1.82. The molecule has 2 aromatic rings. The normalized spacial score (nSPS) is 10.2. The minimum atomic E-state index is 0.717. The van der Waals surface area contributed by atoms with Gasteiger partial charge in [-0.2, -0.15) is 0 Å². The smallest absolute Gasteiger partial charge is 0.150 e. The van der Waals surface area contributed by atoms with Crippen molar-refractivity contribution >= 4 is 18.0 Å². The highest BCUT2D eigenvalue weighted by molar-refractivity contribution is 7.99. The molecule has 2 aromatic carbocycles. The van der Waals surface area contributed by atoms with Gasteiger partial charge in [0.05, 0.1) is 0 Å². The summed E-state index contributed by atoms with van der Waals surface area (Å²) in [5, 5.41) is 0. The van der Waals surface area contributed by atoms with Crippen LogP contribution in [0.5, 0.6) is 0 Å². The minimum absolute atomic E-state index is 0.717. The third-order valence-corrected chi connectivity index (χ3v) is 3.42. The van der Waals surface area contributed by atoms with Gasteiger partial charge in [-0.3, -0.25) is 4.79 Å². The van der Waals surface area contributed by atoms with E-state index in [0.29, 0.717) is 0 Å². The molecule has 0 bridgehead atoms. The molecule has 0 N–H and O–H groups in total. The van der Waals surface area contributed by atoms with Crippen molar-refractivity contribution in [3.05, 3.63) is 54.1 Å². The third kappa shape index (κ3) is 2.98. The highest BCUT2D eigenvalue weighted by Gasteiger charge is 1.99. The van der Waals surface area contributed by atoms with Crippen LogP contribution >= 0.6 is 11.8 Å². The number of carbonyl (C=O) groups is 1. The molecule has 0 unspecified atom stereocenters. The van der Waals surface area contributed by atoms with Crippen LogP contribution < -0.4 is 0 Å². The van der Waals surface area contributed by atoms with Crippen LogP contribution in [0.2, 0.25) is 0 Å². The average molecular weight is 242 g/mol. The van der Waals surface area contributed by atoms with Crippen molar-refractivity contribution in [3.63, 3.8) is 0 Å². The van der Waals surface area contributed by atoms with Gasteiger partial charge >= 0.3 is 0 Å². The van der Waals surface area contributed by atoms with Crippen LogP contribution in [0.4, 0.5) is 0 Å². The topological polar surface area (TPSA) is 17.1 Å². The lowest BCUT2D eigenvalue weighted by Gasteiger charge is -2.04. The van der Waals surface area contributed by atoms with Gasteiger partial charge in [0.25, 0.3) is 0 Å². The fraction of sp³-hybridized carbons (Fsp3) is 0.133. The van der Waals surface area contributed by atoms with Crippen molar-refractivity contribution in [3.8, 4) is 11.1 Å². The zero-order chi connectivity index (χ0) is 12.1. The molecule has 1 nitrogen and oxygen atoms in total. The summed E-state index contributed by atoms with van der Waals surface area (Å²) in [5.74, 6) is 1.08. The van der Waals surface area contributed by atoms with Crippen LogP contribution in [0.3, 0.4) is 0 Å². The molecule has 0 saturated carbocycles. The van der Waals surface area contributed by atoms with Gasteiger partial charge in [-0.05, 0) is 35.1 Å². The lowest BCUT2D eigenvalue weighted by atomic mass is 10.0. The summed E-state index contributed by atoms with van der Waals surface area (Å²) in [6, 6.07) is 16.1. The largest absolute Gasteiger partial charge is 0.298 e. The van der Waals surface area contributed by atoms with Gasteiger partial charge in [0.1, 0.15) is 6.29 Å². The van der Waals surface area contributed by atoms with Crippen molar-refractivity contribution in [1.82, 2.24) is 0 Å². The van der Waals surface area contributed by atoms with E-state index in [1.54, 1.807) is 0 Å². The van der Waals surface area contributed by atoms with Crippen LogP contribution in [0.25, 0.3) is 11.1 Å². The van der Waals surface area contributed by atoms with E-state index in [-0.39, 0.29) is 0 Å². The second kappa shape index (κ2) is 5.69. The Labute approximate surface area is 106 Å². The van der Waals surface area contributed by atoms with Gasteiger partial charge in [0.2, 0.25) is 0 Å². The Morgan fingerprint density at radius 2 is 1.82 bits per heavy atom. The Kier molecular flexibility index (Phi) is 3.99. The maximum absolute atomic E-state index is 10.7. The van der Waals surface area contributed by atoms with Gasteiger partial charge in [0, 0.05) is 10.5 Å². The molecule has 0 spiro atoms. The standard InChI is InChI=1S/C15H14OS/c1-2-17-15-8-6-13(7-9-15)14-5-3-4-12(10-14)11-16/h3-11H,2H2,1H3. The highest BCUT2D eigenvalue weighted by Crippen LogP contribution is 2.24. The minimum Gasteiger partial charge on any atom is -0.298 e. The molecule has 2 rings (SSSR count). The van der Waals surface area contributed by atoms with Crippen molar-refractivity contribution < 1.29 is 4.79 Å². The molecule has 17 heavy (non-hydrogen) atoms. The van der Waals surface area contributed by atoms with Crippen molar-refractivity contribution in [2.24, 2.45) is 0 Å². The summed E-state index contributed by atoms with van der Waals surface area (Å²) in [5.41, 5.74) is 2.95. The van der Waals surface area contributed by atoms with Crippen LogP contribution in [-0.4, -0.2) is 12.0 Å². The van der Waals surface area contributed by atoms with Crippen molar-refractivity contribution in [2.75, 3.05) is 5.75 Å². The van der Waals surface area contributed by atoms with Crippen molar-refractivity contribution in [1.29, 1.82) is 0 Å². The third-order valence-electron chi connectivity index (χ3n) is 2.52. The van der Waals surface area contributed by atoms with Crippen LogP contribution in [-0.2, 0) is 0 Å². The SMILES string of the molecule is CCSc1ccc(-c2cccc(C=O)c2)cc1. The maximum Gasteiger partial charge on any atom is 0.150 e. The zero-order valence-corrected chi connectivity index (χ0v) is 10.5. The fourth-order valence-electron chi connectivity index (χ4n) is 1.70. The predicted octanol–water partition coefficient (Wildman–Crippen LogP) is 4.28. The lowest BCUT2D eigenvalue weighted by molar-refractivity contribution is 0.112. The monoisotopic (exact) mass is 242 g/mol. The molecule has 0 aromatic heterocycles. The van der Waals surface area contributed by atoms with E-state index in [2.05, 4.69) is 31.2 Å². The van der Waals surface area contributed by atoms with Crippen LogP contribution in [0.15, 0.2) is 53.4 Å². The maximum atomic E-state index is 10.7. The van der Waals surface area contributed by atoms with Gasteiger partial charge in [-0.25, -0.2) is 0 Å². The van der Waals surface area contributed by atoms with E-state index in [1.165, 1.54) is 4.90 Å². The van der Waals surface area contributed by atoms with E-state index in [1.807, 2.05) is 36.0 Å². The molecular weight excluding hydrogens is 228 g/mol. The predicted molar refractivity (Wildman–Crippen MR) is 73.7 cm³/mol. The number of rotatable bonds is 4. The Morgan fingerprint density at radius 1 is 1.06 bits per heavy atom. The summed E-state index contributed by atoms with van der Waals surface area (Å²) in [6.07, 6.45) is 0.880. The van der Waals surface area contributed by atoms with E-state index in [4.69, 9.17) is 0 Å². The van der Waals surface area contributed by atoms with E-state index < -0.39 is 0 Å². The Bertz CT molecular complexity index is 503. The molecule has 0 aliphatic heterocycles. The number of carbonyl (C=O) groups excluding carboxylic acids is 1. The second-order valence-electron chi connectivity index (χ2n) is 3.70. The Hall–Kier alpha value is -1.54.